The van der Waals surface area contributed by atoms with E-state index in [0.717, 1.165) is 18.9 Å². The van der Waals surface area contributed by atoms with Crippen LogP contribution in [0.1, 0.15) is 47.0 Å². The molecule has 2 atom stereocenters. The van der Waals surface area contributed by atoms with E-state index in [1.54, 1.807) is 0 Å². The van der Waals surface area contributed by atoms with E-state index in [-0.39, 0.29) is 12.4 Å². The van der Waals surface area contributed by atoms with Crippen LogP contribution in [-0.4, -0.2) is 19.0 Å². The average Bonchev–Trinajstić information content (AvgIpc) is 2.50. The van der Waals surface area contributed by atoms with Crippen LogP contribution in [0.5, 0.6) is 0 Å². The molecule has 0 saturated carbocycles. The van der Waals surface area contributed by atoms with Crippen molar-refractivity contribution in [1.82, 2.24) is 0 Å². The Morgan fingerprint density at radius 2 is 2.20 bits per heavy atom. The maximum atomic E-state index is 5.56. The van der Waals surface area contributed by atoms with Gasteiger partial charge in [0.05, 0.1) is 12.7 Å². The van der Waals surface area contributed by atoms with Gasteiger partial charge in [0.25, 0.3) is 0 Å². The van der Waals surface area contributed by atoms with Crippen LogP contribution in [0, 0.1) is 5.92 Å². The molecule has 15 heavy (non-hydrogen) atoms. The Labute approximate surface area is 93.7 Å². The Bertz CT molecular complexity index is 209. The second-order valence-corrected chi connectivity index (χ2v) is 4.95. The molecular weight excluding hydrogens is 188 g/mol. The van der Waals surface area contributed by atoms with Crippen LogP contribution >= 0.6 is 0 Å². The first-order valence-electron chi connectivity index (χ1n) is 6.02. The highest BCUT2D eigenvalue weighted by molar-refractivity contribution is 5.00. The summed E-state index contributed by atoms with van der Waals surface area (Å²) in [6.07, 6.45) is 5.99. The molecule has 0 aromatic rings. The topological polar surface area (TPSA) is 18.5 Å². The normalized spacial score (nSPS) is 27.7. The summed E-state index contributed by atoms with van der Waals surface area (Å²) >= 11 is 0. The summed E-state index contributed by atoms with van der Waals surface area (Å²) < 4.78 is 11.0. The average molecular weight is 212 g/mol. The second kappa shape index (κ2) is 6.29. The maximum Gasteiger partial charge on any atom is 0.177 e. The Morgan fingerprint density at radius 1 is 1.47 bits per heavy atom. The highest BCUT2D eigenvalue weighted by atomic mass is 16.7. The summed E-state index contributed by atoms with van der Waals surface area (Å²) in [6.45, 7) is 9.46. The fourth-order valence-electron chi connectivity index (χ4n) is 1.73. The van der Waals surface area contributed by atoms with Crippen molar-refractivity contribution in [3.63, 3.8) is 0 Å². The van der Waals surface area contributed by atoms with Crippen LogP contribution in [-0.2, 0) is 9.47 Å². The summed E-state index contributed by atoms with van der Waals surface area (Å²) in [6, 6.07) is 0. The van der Waals surface area contributed by atoms with Crippen molar-refractivity contribution in [2.75, 3.05) is 6.61 Å². The van der Waals surface area contributed by atoms with E-state index in [9.17, 15) is 0 Å². The largest absolute Gasteiger partial charge is 0.346 e. The number of hydrogen-bond acceptors (Lipinski definition) is 2. The minimum absolute atomic E-state index is 0.0981. The molecule has 1 fully saturated rings. The van der Waals surface area contributed by atoms with Gasteiger partial charge in [-0.25, -0.2) is 0 Å². The van der Waals surface area contributed by atoms with Gasteiger partial charge in [0, 0.05) is 0 Å². The molecule has 1 aliphatic rings. The van der Waals surface area contributed by atoms with Gasteiger partial charge in [-0.3, -0.25) is 0 Å². The zero-order valence-corrected chi connectivity index (χ0v) is 10.5. The van der Waals surface area contributed by atoms with Crippen LogP contribution in [0.2, 0.25) is 0 Å². The summed E-state index contributed by atoms with van der Waals surface area (Å²) in [7, 11) is 0. The van der Waals surface area contributed by atoms with Crippen LogP contribution < -0.4 is 0 Å². The van der Waals surface area contributed by atoms with E-state index in [2.05, 4.69) is 26.8 Å². The lowest BCUT2D eigenvalue weighted by atomic mass is 10.0. The van der Waals surface area contributed by atoms with E-state index in [1.165, 1.54) is 18.4 Å². The van der Waals surface area contributed by atoms with E-state index in [4.69, 9.17) is 9.47 Å². The van der Waals surface area contributed by atoms with Crippen LogP contribution in [0.4, 0.5) is 0 Å². The molecule has 2 heteroatoms. The third-order valence-electron chi connectivity index (χ3n) is 2.63. The lowest BCUT2D eigenvalue weighted by Crippen LogP contribution is -2.06. The molecule has 1 aliphatic heterocycles. The molecule has 0 amide bonds. The first kappa shape index (κ1) is 12.7. The molecule has 1 heterocycles. The van der Waals surface area contributed by atoms with Crippen molar-refractivity contribution < 1.29 is 9.47 Å². The lowest BCUT2D eigenvalue weighted by Gasteiger charge is -2.08. The second-order valence-electron chi connectivity index (χ2n) is 4.95. The fourth-order valence-corrected chi connectivity index (χ4v) is 1.73. The molecule has 0 radical (unpaired) electrons. The van der Waals surface area contributed by atoms with Gasteiger partial charge in [0.1, 0.15) is 0 Å². The summed E-state index contributed by atoms with van der Waals surface area (Å²) in [4.78, 5) is 0. The zero-order valence-electron chi connectivity index (χ0n) is 10.5. The molecule has 0 N–H and O–H groups in total. The van der Waals surface area contributed by atoms with E-state index in [0.29, 0.717) is 0 Å². The molecule has 0 bridgehead atoms. The van der Waals surface area contributed by atoms with E-state index < -0.39 is 0 Å². The van der Waals surface area contributed by atoms with Crippen molar-refractivity contribution in [2.45, 2.75) is 59.4 Å². The molecule has 0 aromatic carbocycles. The van der Waals surface area contributed by atoms with Gasteiger partial charge >= 0.3 is 0 Å². The molecule has 0 aliphatic carbocycles. The van der Waals surface area contributed by atoms with Gasteiger partial charge in [-0.2, -0.15) is 0 Å². The van der Waals surface area contributed by atoms with Crippen LogP contribution in [0.15, 0.2) is 11.6 Å². The van der Waals surface area contributed by atoms with Gasteiger partial charge in [0.15, 0.2) is 6.29 Å². The lowest BCUT2D eigenvalue weighted by molar-refractivity contribution is -0.0167. The molecular formula is C13H24O2. The molecule has 2 unspecified atom stereocenters. The van der Waals surface area contributed by atoms with Crippen molar-refractivity contribution in [2.24, 2.45) is 5.92 Å². The van der Waals surface area contributed by atoms with Crippen LogP contribution in [0.3, 0.4) is 0 Å². The molecule has 1 rings (SSSR count). The molecule has 0 aromatic heterocycles. The number of rotatable bonds is 5. The predicted octanol–water partition coefficient (Wildman–Crippen LogP) is 3.52. The molecule has 1 saturated heterocycles. The van der Waals surface area contributed by atoms with Crippen molar-refractivity contribution in [1.29, 1.82) is 0 Å². The van der Waals surface area contributed by atoms with Gasteiger partial charge in [-0.1, -0.05) is 25.8 Å². The predicted molar refractivity (Wildman–Crippen MR) is 62.7 cm³/mol. The number of allylic oxidation sites excluding steroid dienone is 1. The Balaban J connectivity index is 2.21. The Morgan fingerprint density at radius 3 is 2.73 bits per heavy atom. The SMILES string of the molecule is CC(=CC1OCC(C)O1)CCCC(C)C. The van der Waals surface area contributed by atoms with E-state index >= 15 is 0 Å². The minimum Gasteiger partial charge on any atom is -0.346 e. The zero-order chi connectivity index (χ0) is 11.3. The third-order valence-corrected chi connectivity index (χ3v) is 2.63. The van der Waals surface area contributed by atoms with Crippen LogP contribution in [0.25, 0.3) is 0 Å². The summed E-state index contributed by atoms with van der Waals surface area (Å²) in [5, 5.41) is 0. The van der Waals surface area contributed by atoms with E-state index in [1.807, 2.05) is 6.92 Å². The highest BCUT2D eigenvalue weighted by Crippen LogP contribution is 2.17. The minimum atomic E-state index is -0.0981. The maximum absolute atomic E-state index is 5.56. The monoisotopic (exact) mass is 212 g/mol. The quantitative estimate of drug-likeness (QED) is 0.649. The standard InChI is InChI=1S/C13H24O2/c1-10(2)6-5-7-11(3)8-13-14-9-12(4)15-13/h8,10,12-13H,5-7,9H2,1-4H3. The number of hydrogen-bond donors (Lipinski definition) is 0. The highest BCUT2D eigenvalue weighted by Gasteiger charge is 2.19. The molecule has 2 nitrogen and oxygen atoms in total. The fraction of sp³-hybridized carbons (Fsp3) is 0.846. The summed E-state index contributed by atoms with van der Waals surface area (Å²) in [5.74, 6) is 0.803. The van der Waals surface area contributed by atoms with Crippen molar-refractivity contribution in [3.05, 3.63) is 11.6 Å². The summed E-state index contributed by atoms with van der Waals surface area (Å²) in [5.41, 5.74) is 1.38. The molecule has 0 spiro atoms. The first-order valence-corrected chi connectivity index (χ1v) is 6.02. The van der Waals surface area contributed by atoms with Gasteiger partial charge < -0.3 is 9.47 Å². The van der Waals surface area contributed by atoms with Gasteiger partial charge in [-0.05, 0) is 38.7 Å². The number of ether oxygens (including phenoxy) is 2. The Kier molecular flexibility index (Phi) is 5.34. The Hall–Kier alpha value is -0.340. The van der Waals surface area contributed by atoms with Crippen molar-refractivity contribution in [3.8, 4) is 0 Å². The van der Waals surface area contributed by atoms with Gasteiger partial charge in [-0.15, -0.1) is 0 Å². The van der Waals surface area contributed by atoms with Gasteiger partial charge in [0.2, 0.25) is 0 Å². The molecule has 88 valence electrons. The third kappa shape index (κ3) is 5.33. The smallest absolute Gasteiger partial charge is 0.177 e. The first-order chi connectivity index (χ1) is 7.08. The van der Waals surface area contributed by atoms with Crippen molar-refractivity contribution >= 4 is 0 Å².